The number of nitrogens with two attached hydrogens (primary N) is 1. The van der Waals surface area contributed by atoms with Crippen LogP contribution >= 0.6 is 23.2 Å². The van der Waals surface area contributed by atoms with Gasteiger partial charge in [-0.05, 0) is 36.8 Å². The highest BCUT2D eigenvalue weighted by molar-refractivity contribution is 6.35. The number of anilines is 3. The van der Waals surface area contributed by atoms with Gasteiger partial charge in [-0.3, -0.25) is 0 Å². The second kappa shape index (κ2) is 4.82. The van der Waals surface area contributed by atoms with E-state index in [-0.39, 0.29) is 0 Å². The summed E-state index contributed by atoms with van der Waals surface area (Å²) in [7, 11) is 0. The average molecular weight is 268 g/mol. The summed E-state index contributed by atoms with van der Waals surface area (Å²) in [6.45, 7) is 1.92. The first-order valence-electron chi connectivity index (χ1n) is 5.01. The number of aryl methyl sites for hydroxylation is 1. The molecule has 0 aliphatic carbocycles. The molecule has 0 unspecified atom stereocenters. The maximum atomic E-state index is 6.05. The first-order chi connectivity index (χ1) is 8.08. The molecule has 5 heteroatoms. The monoisotopic (exact) mass is 267 g/mol. The van der Waals surface area contributed by atoms with Crippen LogP contribution in [0.1, 0.15) is 5.56 Å². The minimum Gasteiger partial charge on any atom is -0.396 e. The first-order valence-corrected chi connectivity index (χ1v) is 5.76. The van der Waals surface area contributed by atoms with Crippen molar-refractivity contribution in [3.05, 3.63) is 46.1 Å². The molecule has 1 heterocycles. The summed E-state index contributed by atoms with van der Waals surface area (Å²) in [5.74, 6) is 0.578. The van der Waals surface area contributed by atoms with Gasteiger partial charge >= 0.3 is 0 Å². The van der Waals surface area contributed by atoms with E-state index in [1.165, 1.54) is 0 Å². The first kappa shape index (κ1) is 12.0. The van der Waals surface area contributed by atoms with Gasteiger partial charge in [-0.2, -0.15) is 0 Å². The summed E-state index contributed by atoms with van der Waals surface area (Å²) in [6.07, 6.45) is 1.69. The van der Waals surface area contributed by atoms with Crippen LogP contribution in [0.3, 0.4) is 0 Å². The lowest BCUT2D eigenvalue weighted by molar-refractivity contribution is 1.28. The van der Waals surface area contributed by atoms with E-state index in [1.807, 2.05) is 13.0 Å². The lowest BCUT2D eigenvalue weighted by Gasteiger charge is -2.11. The summed E-state index contributed by atoms with van der Waals surface area (Å²) >= 11 is 12.0. The number of benzene rings is 1. The topological polar surface area (TPSA) is 50.9 Å². The molecule has 0 aliphatic heterocycles. The van der Waals surface area contributed by atoms with Gasteiger partial charge in [0.15, 0.2) is 5.82 Å². The van der Waals surface area contributed by atoms with Crippen LogP contribution in [0.2, 0.25) is 10.0 Å². The third kappa shape index (κ3) is 2.62. The number of pyridine rings is 1. The highest BCUT2D eigenvalue weighted by Gasteiger charge is 2.06. The van der Waals surface area contributed by atoms with Crippen LogP contribution in [0, 0.1) is 6.92 Å². The molecule has 0 bridgehead atoms. The minimum atomic E-state index is 0.567. The van der Waals surface area contributed by atoms with E-state index < -0.39 is 0 Å². The van der Waals surface area contributed by atoms with Crippen molar-refractivity contribution in [3.8, 4) is 0 Å². The van der Waals surface area contributed by atoms with Gasteiger partial charge < -0.3 is 11.1 Å². The molecular formula is C12H11Cl2N3. The third-order valence-corrected chi connectivity index (χ3v) is 2.95. The molecule has 1 aromatic carbocycles. The molecule has 2 rings (SSSR count). The van der Waals surface area contributed by atoms with Crippen molar-refractivity contribution in [2.75, 3.05) is 11.1 Å². The second-order valence-corrected chi connectivity index (χ2v) is 4.48. The fourth-order valence-corrected chi connectivity index (χ4v) is 1.73. The molecule has 88 valence electrons. The third-order valence-electron chi connectivity index (χ3n) is 2.39. The van der Waals surface area contributed by atoms with Crippen molar-refractivity contribution in [2.45, 2.75) is 6.92 Å². The molecule has 0 aliphatic rings. The van der Waals surface area contributed by atoms with Crippen LogP contribution in [0.15, 0.2) is 30.5 Å². The number of hydrogen-bond acceptors (Lipinski definition) is 3. The molecule has 2 aromatic rings. The molecule has 0 spiro atoms. The Balaban J connectivity index is 2.38. The van der Waals surface area contributed by atoms with Crippen molar-refractivity contribution in [1.29, 1.82) is 0 Å². The van der Waals surface area contributed by atoms with E-state index >= 15 is 0 Å². The van der Waals surface area contributed by atoms with E-state index in [9.17, 15) is 0 Å². The maximum Gasteiger partial charge on any atom is 0.153 e. The minimum absolute atomic E-state index is 0.567. The fourth-order valence-electron chi connectivity index (χ4n) is 1.39. The van der Waals surface area contributed by atoms with Crippen LogP contribution < -0.4 is 11.1 Å². The summed E-state index contributed by atoms with van der Waals surface area (Å²) in [4.78, 5) is 4.17. The van der Waals surface area contributed by atoms with Crippen molar-refractivity contribution in [2.24, 2.45) is 0 Å². The summed E-state index contributed by atoms with van der Waals surface area (Å²) < 4.78 is 0. The van der Waals surface area contributed by atoms with E-state index in [0.717, 1.165) is 5.56 Å². The molecule has 3 nitrogen and oxygen atoms in total. The number of nitrogen functional groups attached to an aromatic ring is 1. The standard InChI is InChI=1S/C12H11Cl2N3/c1-7-4-5-16-12(11(7)15)17-10-6-8(13)2-3-9(10)14/h2-6H,15H2,1H3,(H,16,17). The van der Waals surface area contributed by atoms with Crippen molar-refractivity contribution >= 4 is 40.4 Å². The van der Waals surface area contributed by atoms with Gasteiger partial charge in [0.05, 0.1) is 16.4 Å². The zero-order chi connectivity index (χ0) is 12.4. The average Bonchev–Trinajstić information content (AvgIpc) is 2.30. The Morgan fingerprint density at radius 2 is 2.00 bits per heavy atom. The lowest BCUT2D eigenvalue weighted by Crippen LogP contribution is -2.01. The molecule has 0 radical (unpaired) electrons. The maximum absolute atomic E-state index is 6.05. The predicted molar refractivity (Wildman–Crippen MR) is 73.1 cm³/mol. The van der Waals surface area contributed by atoms with Gasteiger partial charge in [0.1, 0.15) is 0 Å². The van der Waals surface area contributed by atoms with E-state index in [1.54, 1.807) is 24.4 Å². The predicted octanol–water partition coefficient (Wildman–Crippen LogP) is 4.02. The molecule has 17 heavy (non-hydrogen) atoms. The molecule has 0 atom stereocenters. The largest absolute Gasteiger partial charge is 0.396 e. The molecule has 0 amide bonds. The summed E-state index contributed by atoms with van der Waals surface area (Å²) in [5, 5.41) is 4.24. The number of halogens is 2. The van der Waals surface area contributed by atoms with Crippen molar-refractivity contribution in [3.63, 3.8) is 0 Å². The molecular weight excluding hydrogens is 257 g/mol. The van der Waals surface area contributed by atoms with Gasteiger partial charge in [-0.15, -0.1) is 0 Å². The second-order valence-electron chi connectivity index (χ2n) is 3.64. The number of rotatable bonds is 2. The Bertz CT molecular complexity index is 555. The Morgan fingerprint density at radius 1 is 1.24 bits per heavy atom. The molecule has 0 fully saturated rings. The molecule has 0 saturated carbocycles. The summed E-state index contributed by atoms with van der Waals surface area (Å²) in [5.41, 5.74) is 8.16. The van der Waals surface area contributed by atoms with Crippen LogP contribution in [0.5, 0.6) is 0 Å². The zero-order valence-corrected chi connectivity index (χ0v) is 10.7. The highest BCUT2D eigenvalue weighted by atomic mass is 35.5. The Kier molecular flexibility index (Phi) is 3.41. The molecule has 1 aromatic heterocycles. The van der Waals surface area contributed by atoms with E-state index in [2.05, 4.69) is 10.3 Å². The van der Waals surface area contributed by atoms with Crippen molar-refractivity contribution < 1.29 is 0 Å². The van der Waals surface area contributed by atoms with Gasteiger partial charge in [0, 0.05) is 11.2 Å². The van der Waals surface area contributed by atoms with Gasteiger partial charge in [-0.25, -0.2) is 4.98 Å². The fraction of sp³-hybridized carbons (Fsp3) is 0.0833. The Morgan fingerprint density at radius 3 is 2.76 bits per heavy atom. The number of nitrogens with one attached hydrogen (secondary N) is 1. The van der Waals surface area contributed by atoms with Crippen molar-refractivity contribution in [1.82, 2.24) is 4.98 Å². The Hall–Kier alpha value is -1.45. The number of hydrogen-bond donors (Lipinski definition) is 2. The number of aromatic nitrogens is 1. The summed E-state index contributed by atoms with van der Waals surface area (Å²) in [6, 6.07) is 7.02. The number of nitrogens with zero attached hydrogens (tertiary/aromatic N) is 1. The van der Waals surface area contributed by atoms with Crippen LogP contribution in [-0.4, -0.2) is 4.98 Å². The smallest absolute Gasteiger partial charge is 0.153 e. The Labute approximate surface area is 110 Å². The van der Waals surface area contributed by atoms with Crippen LogP contribution in [0.4, 0.5) is 17.2 Å². The zero-order valence-electron chi connectivity index (χ0n) is 9.17. The van der Waals surface area contributed by atoms with Gasteiger partial charge in [0.2, 0.25) is 0 Å². The molecule has 3 N–H and O–H groups in total. The van der Waals surface area contributed by atoms with Crippen LogP contribution in [0.25, 0.3) is 0 Å². The highest BCUT2D eigenvalue weighted by Crippen LogP contribution is 2.30. The normalized spacial score (nSPS) is 10.3. The van der Waals surface area contributed by atoms with Gasteiger partial charge in [0.25, 0.3) is 0 Å². The quantitative estimate of drug-likeness (QED) is 0.864. The lowest BCUT2D eigenvalue weighted by atomic mass is 10.2. The van der Waals surface area contributed by atoms with E-state index in [4.69, 9.17) is 28.9 Å². The van der Waals surface area contributed by atoms with Gasteiger partial charge in [-0.1, -0.05) is 23.2 Å². The van der Waals surface area contributed by atoms with E-state index in [0.29, 0.717) is 27.2 Å². The SMILES string of the molecule is Cc1ccnc(Nc2cc(Cl)ccc2Cl)c1N. The van der Waals surface area contributed by atoms with Crippen LogP contribution in [-0.2, 0) is 0 Å². The molecule has 0 saturated heterocycles.